The lowest BCUT2D eigenvalue weighted by Crippen LogP contribution is -2.31. The molecule has 0 aromatic heterocycles. The second-order valence-electron chi connectivity index (χ2n) is 5.59. The van der Waals surface area contributed by atoms with Crippen LogP contribution in [0.25, 0.3) is 0 Å². The van der Waals surface area contributed by atoms with Crippen LogP contribution in [0.15, 0.2) is 46.2 Å². The summed E-state index contributed by atoms with van der Waals surface area (Å²) in [6.07, 6.45) is 0. The number of nitrogens with one attached hydrogen (secondary N) is 1. The van der Waals surface area contributed by atoms with Crippen molar-refractivity contribution in [3.8, 4) is 0 Å². The number of rotatable bonds is 6. The Hall–Kier alpha value is -2.83. The Morgan fingerprint density at radius 1 is 1.07 bits per heavy atom. The molecule has 0 aliphatic heterocycles. The van der Waals surface area contributed by atoms with Crippen molar-refractivity contribution in [2.45, 2.75) is 23.6 Å². The molecule has 0 fully saturated rings. The van der Waals surface area contributed by atoms with E-state index in [0.29, 0.717) is 0 Å². The predicted octanol–water partition coefficient (Wildman–Crippen LogP) is 0.978. The Morgan fingerprint density at radius 3 is 2.26 bits per heavy atom. The molecule has 27 heavy (non-hydrogen) atoms. The van der Waals surface area contributed by atoms with E-state index in [9.17, 15) is 31.7 Å². The van der Waals surface area contributed by atoms with Gasteiger partial charge in [-0.15, -0.1) is 4.13 Å². The van der Waals surface area contributed by atoms with Crippen molar-refractivity contribution in [1.29, 1.82) is 0 Å². The van der Waals surface area contributed by atoms with Crippen molar-refractivity contribution in [2.24, 2.45) is 5.73 Å². The molecular formula is C15H15N3O7S2. The average molecular weight is 413 g/mol. The van der Waals surface area contributed by atoms with E-state index in [4.69, 9.17) is 5.73 Å². The molecule has 12 heteroatoms. The lowest BCUT2D eigenvalue weighted by molar-refractivity contribution is -0.386. The summed E-state index contributed by atoms with van der Waals surface area (Å²) in [5, 5.41) is 11.2. The second-order valence-corrected chi connectivity index (χ2v) is 9.19. The number of nitrogens with zero attached hydrogens (tertiary/aromatic N) is 1. The lowest BCUT2D eigenvalue weighted by atomic mass is 10.1. The summed E-state index contributed by atoms with van der Waals surface area (Å²) in [6.45, 7) is 2.64. The van der Waals surface area contributed by atoms with Crippen LogP contribution in [0, 0.1) is 24.0 Å². The van der Waals surface area contributed by atoms with Crippen LogP contribution in [0.1, 0.15) is 21.5 Å². The van der Waals surface area contributed by atoms with Gasteiger partial charge in [0.2, 0.25) is 5.91 Å². The number of benzene rings is 2. The molecule has 2 aromatic carbocycles. The van der Waals surface area contributed by atoms with Crippen molar-refractivity contribution in [3.63, 3.8) is 0 Å². The zero-order valence-corrected chi connectivity index (χ0v) is 15.8. The molecular weight excluding hydrogens is 398 g/mol. The van der Waals surface area contributed by atoms with Crippen LogP contribution >= 0.6 is 0 Å². The van der Waals surface area contributed by atoms with E-state index < -0.39 is 46.4 Å². The number of carbonyl (C=O) groups excluding carboxylic acids is 1. The fraction of sp³-hybridized carbons (Fsp3) is 0.133. The first-order valence-corrected chi connectivity index (χ1v) is 10.3. The number of sulfonamides is 2. The molecule has 0 atom stereocenters. The fourth-order valence-electron chi connectivity index (χ4n) is 2.44. The minimum atomic E-state index is -4.66. The van der Waals surface area contributed by atoms with E-state index in [2.05, 4.69) is 0 Å². The van der Waals surface area contributed by atoms with Gasteiger partial charge in [-0.1, -0.05) is 12.1 Å². The van der Waals surface area contributed by atoms with Crippen LogP contribution in [0.2, 0.25) is 0 Å². The first-order chi connectivity index (χ1) is 12.4. The maximum Gasteiger partial charge on any atom is 0.276 e. The zero-order chi connectivity index (χ0) is 20.6. The molecule has 0 saturated heterocycles. The first kappa shape index (κ1) is 20.5. The Labute approximate surface area is 155 Å². The number of hydrogen-bond donors (Lipinski definition) is 2. The van der Waals surface area contributed by atoms with Crippen LogP contribution in [0.5, 0.6) is 0 Å². The molecule has 0 spiro atoms. The summed E-state index contributed by atoms with van der Waals surface area (Å²) in [5.74, 6) is -0.889. The van der Waals surface area contributed by atoms with Gasteiger partial charge in [-0.05, 0) is 38.1 Å². The third-order valence-corrected chi connectivity index (χ3v) is 7.35. The van der Waals surface area contributed by atoms with Crippen molar-refractivity contribution in [1.82, 2.24) is 4.13 Å². The van der Waals surface area contributed by atoms with Crippen molar-refractivity contribution in [3.05, 3.63) is 63.2 Å². The average Bonchev–Trinajstić information content (AvgIpc) is 2.53. The zero-order valence-electron chi connectivity index (χ0n) is 14.2. The number of amides is 1. The maximum absolute atomic E-state index is 12.5. The fourth-order valence-corrected chi connectivity index (χ4v) is 5.63. The van der Waals surface area contributed by atoms with Gasteiger partial charge in [-0.25, -0.2) is 16.8 Å². The van der Waals surface area contributed by atoms with Crippen molar-refractivity contribution < 1.29 is 26.6 Å². The number of aryl methyl sites for hydroxylation is 1. The molecule has 0 unspecified atom stereocenters. The molecule has 2 aromatic rings. The van der Waals surface area contributed by atoms with Crippen LogP contribution in [-0.2, 0) is 20.0 Å². The number of nitrogens with two attached hydrogens (primary N) is 1. The third-order valence-electron chi connectivity index (χ3n) is 3.70. The Kier molecular flexibility index (Phi) is 5.35. The predicted molar refractivity (Wildman–Crippen MR) is 95.0 cm³/mol. The normalized spacial score (nSPS) is 11.9. The van der Waals surface area contributed by atoms with E-state index in [1.165, 1.54) is 36.2 Å². The Bertz CT molecular complexity index is 1160. The standard InChI is InChI=1S/C15H15N3O7S2/c1-9-6-7-13(10(2)14(9)18(20)21)27(24,25)17-26(22,23)12-5-3-4-11(8-12)15(16)19/h3-8,17H,1-2H3,(H2,16,19). The number of primary amides is 1. The van der Waals surface area contributed by atoms with Gasteiger partial charge in [0.25, 0.3) is 25.7 Å². The molecule has 0 radical (unpaired) electrons. The van der Waals surface area contributed by atoms with Gasteiger partial charge in [0, 0.05) is 16.7 Å². The van der Waals surface area contributed by atoms with Crippen LogP contribution in [0.3, 0.4) is 0 Å². The SMILES string of the molecule is Cc1ccc(S(=O)(=O)NS(=O)(=O)c2cccc(C(N)=O)c2)c(C)c1[N+](=O)[O-]. The summed E-state index contributed by atoms with van der Waals surface area (Å²) in [7, 11) is -9.26. The minimum absolute atomic E-state index is 0.127. The molecule has 0 aliphatic rings. The monoisotopic (exact) mass is 413 g/mol. The highest BCUT2D eigenvalue weighted by molar-refractivity contribution is 8.04. The van der Waals surface area contributed by atoms with E-state index in [-0.39, 0.29) is 16.7 Å². The van der Waals surface area contributed by atoms with Gasteiger partial charge in [-0.3, -0.25) is 14.9 Å². The van der Waals surface area contributed by atoms with Crippen molar-refractivity contribution in [2.75, 3.05) is 0 Å². The summed E-state index contributed by atoms with van der Waals surface area (Å²) in [5.41, 5.74) is 4.56. The van der Waals surface area contributed by atoms with E-state index in [1.54, 1.807) is 0 Å². The maximum atomic E-state index is 12.5. The molecule has 0 bridgehead atoms. The van der Waals surface area contributed by atoms with Crippen LogP contribution < -0.4 is 9.86 Å². The molecule has 1 amide bonds. The van der Waals surface area contributed by atoms with Gasteiger partial charge in [-0.2, -0.15) is 0 Å². The number of hydrogen-bond acceptors (Lipinski definition) is 7. The van der Waals surface area contributed by atoms with Crippen LogP contribution in [0.4, 0.5) is 5.69 Å². The highest BCUT2D eigenvalue weighted by atomic mass is 32.3. The molecule has 0 aliphatic carbocycles. The highest BCUT2D eigenvalue weighted by Crippen LogP contribution is 2.29. The summed E-state index contributed by atoms with van der Waals surface area (Å²) >= 11 is 0. The van der Waals surface area contributed by atoms with E-state index >= 15 is 0 Å². The Morgan fingerprint density at radius 2 is 1.70 bits per heavy atom. The minimum Gasteiger partial charge on any atom is -0.366 e. The first-order valence-electron chi connectivity index (χ1n) is 7.30. The molecule has 10 nitrogen and oxygen atoms in total. The molecule has 144 valence electrons. The van der Waals surface area contributed by atoms with Crippen LogP contribution in [-0.4, -0.2) is 27.7 Å². The van der Waals surface area contributed by atoms with Gasteiger partial charge >= 0.3 is 0 Å². The van der Waals surface area contributed by atoms with Gasteiger partial charge in [0.1, 0.15) is 0 Å². The Balaban J connectivity index is 2.53. The number of carbonyl (C=O) groups is 1. The summed E-state index contributed by atoms with van der Waals surface area (Å²) in [4.78, 5) is 20.6. The van der Waals surface area contributed by atoms with Gasteiger partial charge in [0.15, 0.2) is 0 Å². The second kappa shape index (κ2) is 7.06. The van der Waals surface area contributed by atoms with Gasteiger partial charge in [0.05, 0.1) is 14.7 Å². The highest BCUT2D eigenvalue weighted by Gasteiger charge is 2.30. The smallest absolute Gasteiger partial charge is 0.276 e. The van der Waals surface area contributed by atoms with E-state index in [1.807, 2.05) is 0 Å². The summed E-state index contributed by atoms with van der Waals surface area (Å²) in [6, 6.07) is 6.78. The topological polar surface area (TPSA) is 167 Å². The third kappa shape index (κ3) is 4.13. The quantitative estimate of drug-likeness (QED) is 0.525. The lowest BCUT2D eigenvalue weighted by Gasteiger charge is -2.11. The van der Waals surface area contributed by atoms with Gasteiger partial charge < -0.3 is 5.73 Å². The summed E-state index contributed by atoms with van der Waals surface area (Å²) < 4.78 is 51.4. The van der Waals surface area contributed by atoms with E-state index in [0.717, 1.165) is 18.2 Å². The molecule has 0 saturated carbocycles. The molecule has 0 heterocycles. The van der Waals surface area contributed by atoms with Crippen molar-refractivity contribution >= 4 is 31.6 Å². The molecule has 2 rings (SSSR count). The molecule has 3 N–H and O–H groups in total. The number of nitro groups is 1. The largest absolute Gasteiger partial charge is 0.366 e. The number of nitro benzene ring substituents is 1.